The average Bonchev–Trinajstić information content (AvgIpc) is 3.00. The molecule has 0 bridgehead atoms. The van der Waals surface area contributed by atoms with Crippen molar-refractivity contribution in [3.63, 3.8) is 0 Å². The molecule has 1 aromatic carbocycles. The number of rotatable bonds is 4. The van der Waals surface area contributed by atoms with E-state index in [4.69, 9.17) is 0 Å². The molecule has 3 heterocycles. The van der Waals surface area contributed by atoms with Gasteiger partial charge in [-0.25, -0.2) is 4.68 Å². The van der Waals surface area contributed by atoms with Gasteiger partial charge in [0.15, 0.2) is 0 Å². The maximum atomic E-state index is 12.5. The van der Waals surface area contributed by atoms with Crippen LogP contribution in [0.3, 0.4) is 0 Å². The van der Waals surface area contributed by atoms with Gasteiger partial charge in [-0.3, -0.25) is 24.2 Å². The van der Waals surface area contributed by atoms with E-state index in [9.17, 15) is 14.4 Å². The Bertz CT molecular complexity index is 1140. The van der Waals surface area contributed by atoms with Crippen LogP contribution < -0.4 is 16.4 Å². The van der Waals surface area contributed by atoms with Gasteiger partial charge in [0.05, 0.1) is 23.0 Å². The van der Waals surface area contributed by atoms with Gasteiger partial charge in [-0.05, 0) is 31.7 Å². The topological polar surface area (TPSA) is 105 Å². The Morgan fingerprint density at radius 1 is 1.21 bits per heavy atom. The molecule has 0 unspecified atom stereocenters. The standard InChI is InChI=1S/C19H22N6O3/c1-23-8-4-9-24-13(12-23)11-16(21-24)18(27)20-7-10-25-19(28)15-6-3-2-5-14(15)17(26)22-25/h2-3,5-6,11H,4,7-10,12H2,1H3,(H,20,27)(H,22,26). The zero-order valence-corrected chi connectivity index (χ0v) is 15.6. The second-order valence-corrected chi connectivity index (χ2v) is 7.03. The number of hydrogen-bond donors (Lipinski definition) is 2. The molecule has 146 valence electrons. The molecule has 2 aromatic heterocycles. The SMILES string of the molecule is CN1CCCn2nc(C(=O)NCCn3[nH]c(=O)c4ccccc4c3=O)cc2C1. The highest BCUT2D eigenvalue weighted by atomic mass is 16.2. The Morgan fingerprint density at radius 2 is 2.00 bits per heavy atom. The van der Waals surface area contributed by atoms with Crippen molar-refractivity contribution >= 4 is 16.7 Å². The van der Waals surface area contributed by atoms with Crippen molar-refractivity contribution in [3.8, 4) is 0 Å². The lowest BCUT2D eigenvalue weighted by molar-refractivity contribution is 0.0946. The van der Waals surface area contributed by atoms with E-state index in [0.29, 0.717) is 16.5 Å². The highest BCUT2D eigenvalue weighted by molar-refractivity contribution is 5.92. The number of aromatic nitrogens is 4. The molecule has 0 aliphatic carbocycles. The van der Waals surface area contributed by atoms with Crippen molar-refractivity contribution in [1.29, 1.82) is 0 Å². The number of fused-ring (bicyclic) bond motifs is 2. The molecule has 9 nitrogen and oxygen atoms in total. The summed E-state index contributed by atoms with van der Waals surface area (Å²) in [6.45, 7) is 2.92. The van der Waals surface area contributed by atoms with Crippen LogP contribution in [0.1, 0.15) is 22.6 Å². The molecule has 0 atom stereocenters. The third-order valence-electron chi connectivity index (χ3n) is 4.94. The van der Waals surface area contributed by atoms with Crippen LogP contribution in [0, 0.1) is 0 Å². The lowest BCUT2D eigenvalue weighted by Gasteiger charge is -2.10. The number of carbonyl (C=O) groups excluding carboxylic acids is 1. The molecule has 28 heavy (non-hydrogen) atoms. The average molecular weight is 382 g/mol. The zero-order chi connectivity index (χ0) is 19.7. The Balaban J connectivity index is 1.45. The maximum Gasteiger partial charge on any atom is 0.273 e. The summed E-state index contributed by atoms with van der Waals surface area (Å²) in [4.78, 5) is 39.2. The van der Waals surface area contributed by atoms with E-state index in [2.05, 4.69) is 20.4 Å². The van der Waals surface area contributed by atoms with Crippen LogP contribution in [0.15, 0.2) is 39.9 Å². The van der Waals surface area contributed by atoms with Crippen molar-refractivity contribution in [2.45, 2.75) is 26.1 Å². The summed E-state index contributed by atoms with van der Waals surface area (Å²) < 4.78 is 3.10. The van der Waals surface area contributed by atoms with Gasteiger partial charge in [0.25, 0.3) is 17.0 Å². The number of amides is 1. The van der Waals surface area contributed by atoms with Crippen LogP contribution in [0.4, 0.5) is 0 Å². The summed E-state index contributed by atoms with van der Waals surface area (Å²) >= 11 is 0. The van der Waals surface area contributed by atoms with Gasteiger partial charge in [-0.1, -0.05) is 12.1 Å². The van der Waals surface area contributed by atoms with Crippen LogP contribution >= 0.6 is 0 Å². The van der Waals surface area contributed by atoms with Crippen molar-refractivity contribution < 1.29 is 4.79 Å². The second kappa shape index (κ2) is 7.43. The quantitative estimate of drug-likeness (QED) is 0.668. The Hall–Kier alpha value is -3.20. The number of hydrogen-bond acceptors (Lipinski definition) is 5. The highest BCUT2D eigenvalue weighted by Gasteiger charge is 2.17. The third-order valence-corrected chi connectivity index (χ3v) is 4.94. The number of nitrogens with zero attached hydrogens (tertiary/aromatic N) is 4. The zero-order valence-electron chi connectivity index (χ0n) is 15.6. The fourth-order valence-corrected chi connectivity index (χ4v) is 3.51. The third kappa shape index (κ3) is 3.48. The first-order valence-electron chi connectivity index (χ1n) is 9.28. The lowest BCUT2D eigenvalue weighted by Crippen LogP contribution is -2.35. The van der Waals surface area contributed by atoms with Gasteiger partial charge < -0.3 is 10.2 Å². The van der Waals surface area contributed by atoms with Crippen molar-refractivity contribution in [2.24, 2.45) is 0 Å². The fraction of sp³-hybridized carbons (Fsp3) is 0.368. The van der Waals surface area contributed by atoms with Gasteiger partial charge in [0.2, 0.25) is 0 Å². The van der Waals surface area contributed by atoms with Crippen molar-refractivity contribution in [2.75, 3.05) is 20.1 Å². The van der Waals surface area contributed by atoms with Crippen LogP contribution in [0.25, 0.3) is 10.8 Å². The van der Waals surface area contributed by atoms with Gasteiger partial charge in [0, 0.05) is 26.2 Å². The summed E-state index contributed by atoms with van der Waals surface area (Å²) in [6.07, 6.45) is 0.991. The second-order valence-electron chi connectivity index (χ2n) is 7.03. The first kappa shape index (κ1) is 18.2. The van der Waals surface area contributed by atoms with E-state index < -0.39 is 0 Å². The predicted molar refractivity (Wildman–Crippen MR) is 104 cm³/mol. The lowest BCUT2D eigenvalue weighted by atomic mass is 10.2. The summed E-state index contributed by atoms with van der Waals surface area (Å²) in [5.41, 5.74) is 0.759. The molecule has 0 radical (unpaired) electrons. The summed E-state index contributed by atoms with van der Waals surface area (Å²) in [6, 6.07) is 8.47. The number of aromatic amines is 1. The van der Waals surface area contributed by atoms with Crippen LogP contribution in [0.2, 0.25) is 0 Å². The van der Waals surface area contributed by atoms with Crippen molar-refractivity contribution in [1.82, 2.24) is 29.8 Å². The molecule has 1 aliphatic rings. The molecule has 0 saturated carbocycles. The Kier molecular flexibility index (Phi) is 4.82. The van der Waals surface area contributed by atoms with E-state index in [0.717, 1.165) is 31.7 Å². The fourth-order valence-electron chi connectivity index (χ4n) is 3.51. The van der Waals surface area contributed by atoms with Gasteiger partial charge >= 0.3 is 0 Å². The predicted octanol–water partition coefficient (Wildman–Crippen LogP) is 0.152. The first-order valence-corrected chi connectivity index (χ1v) is 9.28. The molecule has 0 saturated heterocycles. The number of H-pyrrole nitrogens is 1. The molecular weight excluding hydrogens is 360 g/mol. The molecule has 0 spiro atoms. The minimum absolute atomic E-state index is 0.168. The smallest absolute Gasteiger partial charge is 0.273 e. The molecular formula is C19H22N6O3. The van der Waals surface area contributed by atoms with Crippen LogP contribution in [0.5, 0.6) is 0 Å². The molecule has 1 aliphatic heterocycles. The molecule has 4 rings (SSSR count). The van der Waals surface area contributed by atoms with E-state index in [-0.39, 0.29) is 30.1 Å². The number of aryl methyl sites for hydroxylation is 1. The molecule has 9 heteroatoms. The van der Waals surface area contributed by atoms with E-state index in [1.807, 2.05) is 11.7 Å². The molecule has 3 aromatic rings. The first-order chi connectivity index (χ1) is 13.5. The minimum atomic E-state index is -0.330. The summed E-state index contributed by atoms with van der Waals surface area (Å²) in [7, 11) is 2.05. The largest absolute Gasteiger partial charge is 0.349 e. The van der Waals surface area contributed by atoms with E-state index in [1.54, 1.807) is 30.3 Å². The molecule has 1 amide bonds. The van der Waals surface area contributed by atoms with Gasteiger partial charge in [0.1, 0.15) is 5.69 Å². The number of nitrogens with one attached hydrogen (secondary N) is 2. The van der Waals surface area contributed by atoms with E-state index >= 15 is 0 Å². The van der Waals surface area contributed by atoms with Gasteiger partial charge in [-0.15, -0.1) is 0 Å². The van der Waals surface area contributed by atoms with E-state index in [1.165, 1.54) is 4.68 Å². The van der Waals surface area contributed by atoms with Gasteiger partial charge in [-0.2, -0.15) is 5.10 Å². The normalized spacial score (nSPS) is 14.6. The molecule has 2 N–H and O–H groups in total. The van der Waals surface area contributed by atoms with Crippen LogP contribution in [-0.2, 0) is 19.6 Å². The number of benzene rings is 1. The number of carbonyl (C=O) groups is 1. The molecule has 0 fully saturated rings. The minimum Gasteiger partial charge on any atom is -0.349 e. The Morgan fingerprint density at radius 3 is 2.82 bits per heavy atom. The van der Waals surface area contributed by atoms with Crippen LogP contribution in [-0.4, -0.2) is 50.5 Å². The monoisotopic (exact) mass is 382 g/mol. The van der Waals surface area contributed by atoms with Crippen molar-refractivity contribution in [3.05, 3.63) is 62.4 Å². The highest BCUT2D eigenvalue weighted by Crippen LogP contribution is 2.12. The maximum absolute atomic E-state index is 12.5. The summed E-state index contributed by atoms with van der Waals surface area (Å²) in [5, 5.41) is 10.4. The summed E-state index contributed by atoms with van der Waals surface area (Å²) in [5.74, 6) is -0.292. The Labute approximate surface area is 160 Å².